The first kappa shape index (κ1) is 35.3. The fraction of sp³-hybridized carbons (Fsp3) is 0.265. The molecule has 0 radical (unpaired) electrons. The third kappa shape index (κ3) is 6.08. The van der Waals surface area contributed by atoms with E-state index in [0.29, 0.717) is 0 Å². The largest absolute Gasteiger partial charge is 0.311 e. The molecule has 0 aromatic heterocycles. The molecule has 0 saturated carbocycles. The first-order chi connectivity index (χ1) is 25.0. The molecule has 0 amide bonds. The Morgan fingerprint density at radius 2 is 1.04 bits per heavy atom. The van der Waals surface area contributed by atoms with E-state index in [0.717, 1.165) is 16.4 Å². The number of aryl methyl sites for hydroxylation is 1. The molecule has 0 spiro atoms. The molecule has 2 aliphatic rings. The van der Waals surface area contributed by atoms with Crippen molar-refractivity contribution in [1.82, 2.24) is 0 Å². The predicted molar refractivity (Wildman–Crippen MR) is 232 cm³/mol. The Balaban J connectivity index is 1.46. The minimum absolute atomic E-state index is 0.00369. The van der Waals surface area contributed by atoms with Gasteiger partial charge in [-0.25, -0.2) is 0 Å². The first-order valence-electron chi connectivity index (χ1n) is 19.0. The summed E-state index contributed by atoms with van der Waals surface area (Å²) >= 11 is 6.96. The van der Waals surface area contributed by atoms with E-state index in [1.807, 2.05) is 0 Å². The van der Waals surface area contributed by atoms with Crippen molar-refractivity contribution < 1.29 is 0 Å². The van der Waals surface area contributed by atoms with Gasteiger partial charge in [-0.2, -0.15) is 0 Å². The van der Waals surface area contributed by atoms with Gasteiger partial charge in [0.25, 0.3) is 6.71 Å². The summed E-state index contributed by atoms with van der Waals surface area (Å²) in [5.41, 5.74) is 18.6. The van der Waals surface area contributed by atoms with Crippen molar-refractivity contribution in [2.75, 3.05) is 9.80 Å². The van der Waals surface area contributed by atoms with Gasteiger partial charge in [0.05, 0.1) is 5.69 Å². The lowest BCUT2D eigenvalue weighted by atomic mass is 9.33. The van der Waals surface area contributed by atoms with Gasteiger partial charge in [0.15, 0.2) is 0 Å². The molecule has 0 atom stereocenters. The number of fused-ring (bicyclic) bond motifs is 4. The summed E-state index contributed by atoms with van der Waals surface area (Å²) in [5, 5.41) is 0.734. The number of halogens is 1. The predicted octanol–water partition coefficient (Wildman–Crippen LogP) is 12.3. The maximum absolute atomic E-state index is 6.96. The average Bonchev–Trinajstić information content (AvgIpc) is 3.10. The number of hydrogen-bond acceptors (Lipinski definition) is 2. The van der Waals surface area contributed by atoms with Crippen LogP contribution < -0.4 is 26.2 Å². The van der Waals surface area contributed by atoms with Gasteiger partial charge < -0.3 is 9.80 Å². The van der Waals surface area contributed by atoms with Gasteiger partial charge in [0.2, 0.25) is 0 Å². The molecule has 4 heteroatoms. The van der Waals surface area contributed by atoms with Crippen molar-refractivity contribution in [3.05, 3.63) is 149 Å². The maximum atomic E-state index is 6.96. The highest BCUT2D eigenvalue weighted by molar-refractivity contribution is 7.00. The molecule has 0 unspecified atom stereocenters. The summed E-state index contributed by atoms with van der Waals surface area (Å²) in [6, 6.07) is 45.6. The van der Waals surface area contributed by atoms with Crippen LogP contribution in [0.3, 0.4) is 0 Å². The van der Waals surface area contributed by atoms with Crippen LogP contribution in [0.2, 0.25) is 5.02 Å². The first-order valence-corrected chi connectivity index (χ1v) is 19.4. The van der Waals surface area contributed by atoms with Crippen molar-refractivity contribution in [2.24, 2.45) is 0 Å². The molecule has 0 saturated heterocycles. The summed E-state index contributed by atoms with van der Waals surface area (Å²) in [7, 11) is 0. The number of benzene rings is 6. The van der Waals surface area contributed by atoms with Crippen molar-refractivity contribution >= 4 is 68.8 Å². The van der Waals surface area contributed by atoms with E-state index < -0.39 is 0 Å². The molecule has 0 bridgehead atoms. The highest BCUT2D eigenvalue weighted by atomic mass is 35.5. The highest BCUT2D eigenvalue weighted by Crippen LogP contribution is 2.48. The minimum Gasteiger partial charge on any atom is -0.311 e. The van der Waals surface area contributed by atoms with Crippen molar-refractivity contribution in [2.45, 2.75) is 85.5 Å². The average molecular weight is 713 g/mol. The van der Waals surface area contributed by atoms with E-state index >= 15 is 0 Å². The van der Waals surface area contributed by atoms with E-state index in [-0.39, 0.29) is 23.0 Å². The molecular formula is C49H50BClN2. The van der Waals surface area contributed by atoms with Crippen molar-refractivity contribution in [1.29, 1.82) is 0 Å². The zero-order valence-corrected chi connectivity index (χ0v) is 33.7. The molecule has 266 valence electrons. The van der Waals surface area contributed by atoms with E-state index in [2.05, 4.69) is 200 Å². The molecule has 0 fully saturated rings. The molecule has 2 heterocycles. The molecule has 2 aliphatic heterocycles. The van der Waals surface area contributed by atoms with E-state index in [4.69, 9.17) is 11.6 Å². The molecule has 6 aromatic rings. The van der Waals surface area contributed by atoms with Crippen molar-refractivity contribution in [3.63, 3.8) is 0 Å². The normalized spacial score (nSPS) is 13.8. The maximum Gasteiger partial charge on any atom is 0.252 e. The van der Waals surface area contributed by atoms with Gasteiger partial charge in [-0.15, -0.1) is 0 Å². The molecular weight excluding hydrogens is 663 g/mol. The van der Waals surface area contributed by atoms with Gasteiger partial charge in [0, 0.05) is 39.0 Å². The lowest BCUT2D eigenvalue weighted by molar-refractivity contribution is 0.590. The minimum atomic E-state index is -0.00643. The summed E-state index contributed by atoms with van der Waals surface area (Å²) in [4.78, 5) is 5.01. The highest BCUT2D eigenvalue weighted by Gasteiger charge is 2.44. The monoisotopic (exact) mass is 712 g/mol. The van der Waals surface area contributed by atoms with Crippen LogP contribution in [0.25, 0.3) is 11.1 Å². The lowest BCUT2D eigenvalue weighted by Gasteiger charge is -2.45. The van der Waals surface area contributed by atoms with Gasteiger partial charge in [0.1, 0.15) is 0 Å². The SMILES string of the molecule is Cc1cc2c3c(c1)N(c1ccc(C(C)(C)C)cc1-c1ccccc1)c1cc(Cl)ccc1B3c1cc(C(C)(C)C)ccc1N2c1ccc(C(C)(C)C)cc1. The van der Waals surface area contributed by atoms with E-state index in [1.54, 1.807) is 0 Å². The third-order valence-electron chi connectivity index (χ3n) is 11.2. The molecule has 6 aromatic carbocycles. The van der Waals surface area contributed by atoms with E-state index in [9.17, 15) is 0 Å². The van der Waals surface area contributed by atoms with Crippen LogP contribution in [0.5, 0.6) is 0 Å². The summed E-state index contributed by atoms with van der Waals surface area (Å²) in [6.07, 6.45) is 0. The fourth-order valence-corrected chi connectivity index (χ4v) is 8.44. The van der Waals surface area contributed by atoms with Crippen LogP contribution in [0.1, 0.15) is 84.6 Å². The molecule has 8 rings (SSSR count). The fourth-order valence-electron chi connectivity index (χ4n) is 8.27. The second-order valence-electron chi connectivity index (χ2n) is 18.2. The quantitative estimate of drug-likeness (QED) is 0.168. The number of rotatable bonds is 3. The summed E-state index contributed by atoms with van der Waals surface area (Å²) in [6.45, 7) is 22.9. The van der Waals surface area contributed by atoms with Crippen LogP contribution in [0.15, 0.2) is 121 Å². The molecule has 0 aliphatic carbocycles. The zero-order valence-electron chi connectivity index (χ0n) is 32.9. The molecule has 53 heavy (non-hydrogen) atoms. The lowest BCUT2D eigenvalue weighted by Crippen LogP contribution is -2.61. The molecule has 2 nitrogen and oxygen atoms in total. The Labute approximate surface area is 322 Å². The number of hydrogen-bond donors (Lipinski definition) is 0. The summed E-state index contributed by atoms with van der Waals surface area (Å²) in [5.74, 6) is 0. The van der Waals surface area contributed by atoms with Gasteiger partial charge >= 0.3 is 0 Å². The second-order valence-corrected chi connectivity index (χ2v) is 18.6. The standard InChI is InChI=1S/C49H50BClN2/c1-31-26-44-46-45(27-31)53(41-24-18-34(48(5,6)7)28-38(41)32-14-12-11-13-15-32)43-30-36(51)20-23-39(43)50(46)40-29-35(49(8,9)10)19-25-42(40)52(44)37-21-16-33(17-22-37)47(2,3)4/h11-30H,1-10H3. The van der Waals surface area contributed by atoms with Crippen LogP contribution in [-0.4, -0.2) is 6.71 Å². The van der Waals surface area contributed by atoms with Crippen LogP contribution in [0, 0.1) is 6.92 Å². The Hall–Kier alpha value is -4.73. The zero-order chi connectivity index (χ0) is 37.6. The van der Waals surface area contributed by atoms with Crippen LogP contribution in [-0.2, 0) is 16.2 Å². The number of anilines is 6. The van der Waals surface area contributed by atoms with Crippen LogP contribution in [0.4, 0.5) is 34.1 Å². The molecule has 0 N–H and O–H groups in total. The van der Waals surface area contributed by atoms with Crippen molar-refractivity contribution in [3.8, 4) is 11.1 Å². The summed E-state index contributed by atoms with van der Waals surface area (Å²) < 4.78 is 0. The Bertz CT molecular complexity index is 2370. The van der Waals surface area contributed by atoms with Gasteiger partial charge in [-0.05, 0) is 122 Å². The second kappa shape index (κ2) is 12.4. The third-order valence-corrected chi connectivity index (χ3v) is 11.5. The Kier molecular flexibility index (Phi) is 8.28. The van der Waals surface area contributed by atoms with Gasteiger partial charge in [-0.3, -0.25) is 0 Å². The smallest absolute Gasteiger partial charge is 0.252 e. The topological polar surface area (TPSA) is 6.48 Å². The Morgan fingerprint density at radius 3 is 1.66 bits per heavy atom. The number of nitrogens with zero attached hydrogens (tertiary/aromatic N) is 2. The van der Waals surface area contributed by atoms with Crippen LogP contribution >= 0.6 is 11.6 Å². The Morgan fingerprint density at radius 1 is 0.472 bits per heavy atom. The van der Waals surface area contributed by atoms with E-state index in [1.165, 1.54) is 72.5 Å². The van der Waals surface area contributed by atoms with Gasteiger partial charge in [-0.1, -0.05) is 141 Å².